The van der Waals surface area contributed by atoms with Gasteiger partial charge in [-0.25, -0.2) is 0 Å². The van der Waals surface area contributed by atoms with Gasteiger partial charge in [0.25, 0.3) is 0 Å². The molecule has 1 fully saturated rings. The molecule has 0 N–H and O–H groups in total. The molecule has 0 heterocycles. The molecule has 0 amide bonds. The van der Waals surface area contributed by atoms with Crippen LogP contribution in [-0.4, -0.2) is 12.8 Å². The van der Waals surface area contributed by atoms with E-state index in [1.54, 1.807) is 0 Å². The van der Waals surface area contributed by atoms with E-state index in [0.29, 0.717) is 6.04 Å². The zero-order valence-electron chi connectivity index (χ0n) is 7.13. The van der Waals surface area contributed by atoms with Crippen LogP contribution in [0, 0.1) is 5.92 Å². The van der Waals surface area contributed by atoms with Gasteiger partial charge in [0.2, 0.25) is 0 Å². The highest BCUT2D eigenvalue weighted by Crippen LogP contribution is 2.28. The maximum Gasteiger partial charge on any atom is 0.0698 e. The van der Waals surface area contributed by atoms with Crippen LogP contribution in [0.4, 0.5) is 0 Å². The molecule has 1 rings (SSSR count). The number of nitrogens with zero attached hydrogens (tertiary/aromatic N) is 1. The molecule has 0 aromatic heterocycles. The topological polar surface area (TPSA) is 12.4 Å². The van der Waals surface area contributed by atoms with E-state index in [1.165, 1.54) is 32.1 Å². The summed E-state index contributed by atoms with van der Waals surface area (Å²) < 4.78 is 0. The van der Waals surface area contributed by atoms with Crippen LogP contribution in [-0.2, 0) is 0 Å². The van der Waals surface area contributed by atoms with E-state index in [1.807, 2.05) is 6.08 Å². The second kappa shape index (κ2) is 4.32. The lowest BCUT2D eigenvalue weighted by atomic mass is 9.84. The lowest BCUT2D eigenvalue weighted by Crippen LogP contribution is -2.18. The molecule has 1 atom stereocenters. The van der Waals surface area contributed by atoms with Crippen molar-refractivity contribution in [1.29, 1.82) is 0 Å². The Hall–Kier alpha value is -0.590. The molecule has 11 heavy (non-hydrogen) atoms. The lowest BCUT2D eigenvalue weighted by Gasteiger charge is -2.24. The van der Waals surface area contributed by atoms with E-state index in [2.05, 4.69) is 18.3 Å². The van der Waals surface area contributed by atoms with Crippen LogP contribution in [0.3, 0.4) is 0 Å². The van der Waals surface area contributed by atoms with Crippen LogP contribution in [0.5, 0.6) is 0 Å². The molecule has 0 aliphatic heterocycles. The molecule has 0 radical (unpaired) electrons. The minimum absolute atomic E-state index is 0.315. The summed E-state index contributed by atoms with van der Waals surface area (Å²) in [6.45, 7) is 7.36. The standard InChI is InChI=1S/C10H17N/c1-3-10(11-2)9-7-5-4-6-8-9/h3,9-10H,1-2,4-8H2. The summed E-state index contributed by atoms with van der Waals surface area (Å²) in [6, 6.07) is 0.315. The van der Waals surface area contributed by atoms with Gasteiger partial charge < -0.3 is 0 Å². The van der Waals surface area contributed by atoms with Gasteiger partial charge in [0.15, 0.2) is 0 Å². The summed E-state index contributed by atoms with van der Waals surface area (Å²) in [5, 5.41) is 0. The Labute approximate surface area is 69.2 Å². The van der Waals surface area contributed by atoms with Crippen LogP contribution in [0.1, 0.15) is 32.1 Å². The predicted molar refractivity (Wildman–Crippen MR) is 50.1 cm³/mol. The smallest absolute Gasteiger partial charge is 0.0698 e. The average molecular weight is 151 g/mol. The molecule has 0 bridgehead atoms. The van der Waals surface area contributed by atoms with E-state index >= 15 is 0 Å². The Morgan fingerprint density at radius 1 is 1.27 bits per heavy atom. The summed E-state index contributed by atoms with van der Waals surface area (Å²) >= 11 is 0. The van der Waals surface area contributed by atoms with Crippen LogP contribution in [0.2, 0.25) is 0 Å². The third-order valence-electron chi connectivity index (χ3n) is 2.59. The van der Waals surface area contributed by atoms with Gasteiger partial charge in [0.05, 0.1) is 6.04 Å². The third-order valence-corrected chi connectivity index (χ3v) is 2.59. The van der Waals surface area contributed by atoms with Crippen molar-refractivity contribution >= 4 is 6.72 Å². The molecule has 0 aromatic rings. The van der Waals surface area contributed by atoms with Gasteiger partial charge in [-0.15, -0.1) is 6.58 Å². The normalized spacial score (nSPS) is 22.5. The van der Waals surface area contributed by atoms with Gasteiger partial charge in [-0.1, -0.05) is 25.3 Å². The highest BCUT2D eigenvalue weighted by Gasteiger charge is 2.19. The first-order valence-electron chi connectivity index (χ1n) is 4.47. The largest absolute Gasteiger partial charge is 0.293 e. The van der Waals surface area contributed by atoms with Crippen molar-refractivity contribution in [3.63, 3.8) is 0 Å². The SMILES string of the molecule is C=CC(N=C)C1CCCCC1. The van der Waals surface area contributed by atoms with Gasteiger partial charge in [-0.3, -0.25) is 4.99 Å². The van der Waals surface area contributed by atoms with Crippen LogP contribution < -0.4 is 0 Å². The second-order valence-electron chi connectivity index (χ2n) is 3.31. The Morgan fingerprint density at radius 2 is 1.91 bits per heavy atom. The lowest BCUT2D eigenvalue weighted by molar-refractivity contribution is 0.334. The minimum Gasteiger partial charge on any atom is -0.293 e. The van der Waals surface area contributed by atoms with E-state index in [4.69, 9.17) is 0 Å². The zero-order chi connectivity index (χ0) is 8.10. The molecule has 1 unspecified atom stereocenters. The first-order valence-corrected chi connectivity index (χ1v) is 4.47. The highest BCUT2D eigenvalue weighted by atomic mass is 14.7. The fourth-order valence-corrected chi connectivity index (χ4v) is 1.89. The fourth-order valence-electron chi connectivity index (χ4n) is 1.89. The monoisotopic (exact) mass is 151 g/mol. The van der Waals surface area contributed by atoms with Crippen molar-refractivity contribution in [3.05, 3.63) is 12.7 Å². The van der Waals surface area contributed by atoms with Crippen LogP contribution in [0.25, 0.3) is 0 Å². The Kier molecular flexibility index (Phi) is 3.34. The zero-order valence-corrected chi connectivity index (χ0v) is 7.13. The predicted octanol–water partition coefficient (Wildman–Crippen LogP) is 2.82. The number of rotatable bonds is 3. The maximum atomic E-state index is 4.06. The maximum absolute atomic E-state index is 4.06. The van der Waals surface area contributed by atoms with E-state index in [9.17, 15) is 0 Å². The fraction of sp³-hybridized carbons (Fsp3) is 0.700. The van der Waals surface area contributed by atoms with Crippen molar-refractivity contribution in [3.8, 4) is 0 Å². The van der Waals surface area contributed by atoms with E-state index < -0.39 is 0 Å². The van der Waals surface area contributed by atoms with E-state index in [0.717, 1.165) is 5.92 Å². The van der Waals surface area contributed by atoms with Crippen LogP contribution >= 0.6 is 0 Å². The molecular formula is C10H17N. The average Bonchev–Trinajstić information content (AvgIpc) is 2.09. The number of hydrogen-bond donors (Lipinski definition) is 0. The molecule has 1 nitrogen and oxygen atoms in total. The van der Waals surface area contributed by atoms with Crippen molar-refractivity contribution in [2.75, 3.05) is 0 Å². The highest BCUT2D eigenvalue weighted by molar-refractivity contribution is 5.25. The number of hydrogen-bond acceptors (Lipinski definition) is 1. The van der Waals surface area contributed by atoms with Gasteiger partial charge in [0, 0.05) is 0 Å². The van der Waals surface area contributed by atoms with Gasteiger partial charge >= 0.3 is 0 Å². The summed E-state index contributed by atoms with van der Waals surface area (Å²) in [4.78, 5) is 4.06. The Bertz CT molecular complexity index is 126. The Morgan fingerprint density at radius 3 is 2.36 bits per heavy atom. The van der Waals surface area contributed by atoms with Crippen molar-refractivity contribution in [1.82, 2.24) is 0 Å². The number of aliphatic imine (C=N–C) groups is 1. The van der Waals surface area contributed by atoms with Crippen molar-refractivity contribution in [2.45, 2.75) is 38.1 Å². The molecule has 62 valence electrons. The van der Waals surface area contributed by atoms with Crippen molar-refractivity contribution in [2.24, 2.45) is 10.9 Å². The molecule has 1 heteroatoms. The molecule has 0 saturated heterocycles. The summed E-state index contributed by atoms with van der Waals surface area (Å²) in [6.07, 6.45) is 8.70. The van der Waals surface area contributed by atoms with Gasteiger partial charge in [0.1, 0.15) is 0 Å². The summed E-state index contributed by atoms with van der Waals surface area (Å²) in [5.74, 6) is 0.735. The summed E-state index contributed by atoms with van der Waals surface area (Å²) in [7, 11) is 0. The van der Waals surface area contributed by atoms with Crippen LogP contribution in [0.15, 0.2) is 17.6 Å². The molecule has 1 aliphatic rings. The third kappa shape index (κ3) is 2.18. The molecule has 1 aliphatic carbocycles. The van der Waals surface area contributed by atoms with Gasteiger partial charge in [-0.2, -0.15) is 0 Å². The molecule has 1 saturated carbocycles. The molecular weight excluding hydrogens is 134 g/mol. The molecule has 0 aromatic carbocycles. The second-order valence-corrected chi connectivity index (χ2v) is 3.31. The van der Waals surface area contributed by atoms with Crippen molar-refractivity contribution < 1.29 is 0 Å². The minimum atomic E-state index is 0.315. The quantitative estimate of drug-likeness (QED) is 0.434. The molecule has 0 spiro atoms. The van der Waals surface area contributed by atoms with Gasteiger partial charge in [-0.05, 0) is 25.5 Å². The summed E-state index contributed by atoms with van der Waals surface area (Å²) in [5.41, 5.74) is 0. The Balaban J connectivity index is 2.42. The first kappa shape index (κ1) is 8.51. The van der Waals surface area contributed by atoms with E-state index in [-0.39, 0.29) is 0 Å². The first-order chi connectivity index (χ1) is 5.38.